The number of hydrogen-bond donors (Lipinski definition) is 1. The largest absolute Gasteiger partial charge is 0.389 e. The van der Waals surface area contributed by atoms with Crippen LogP contribution >= 0.6 is 23.8 Å². The topological polar surface area (TPSA) is 72.6 Å². The Morgan fingerprint density at radius 2 is 2.15 bits per heavy atom. The minimum Gasteiger partial charge on any atom is -0.389 e. The fraction of sp³-hybridized carbons (Fsp3) is 0.417. The molecule has 0 radical (unpaired) electrons. The molecule has 0 spiro atoms. The number of methoxy groups -OCH3 is 1. The second kappa shape index (κ2) is 6.82. The molecular weight excluding hydrogens is 320 g/mol. The number of ether oxygens (including phenoxy) is 1. The number of nitrogens with zero attached hydrogens (tertiary/aromatic N) is 1. The third kappa shape index (κ3) is 3.67. The maximum absolute atomic E-state index is 12.5. The van der Waals surface area contributed by atoms with E-state index < -0.39 is 10.0 Å². The van der Waals surface area contributed by atoms with E-state index in [-0.39, 0.29) is 27.6 Å². The van der Waals surface area contributed by atoms with Gasteiger partial charge in [0.25, 0.3) is 0 Å². The third-order valence-electron chi connectivity index (χ3n) is 2.90. The molecule has 0 fully saturated rings. The molecule has 0 aliphatic heterocycles. The second-order valence-corrected chi connectivity index (χ2v) is 7.15. The normalized spacial score (nSPS) is 13.4. The first-order valence-corrected chi connectivity index (χ1v) is 8.00. The Bertz CT molecular complexity index is 605. The molecule has 0 saturated carbocycles. The van der Waals surface area contributed by atoms with E-state index in [1.165, 1.54) is 30.6 Å². The Morgan fingerprint density at radius 1 is 1.55 bits per heavy atom. The molecule has 0 amide bonds. The average molecular weight is 337 g/mol. The van der Waals surface area contributed by atoms with Gasteiger partial charge in [0.05, 0.1) is 11.6 Å². The lowest BCUT2D eigenvalue weighted by atomic mass is 10.2. The van der Waals surface area contributed by atoms with Crippen molar-refractivity contribution in [2.45, 2.75) is 17.9 Å². The van der Waals surface area contributed by atoms with Gasteiger partial charge in [0.15, 0.2) is 0 Å². The highest BCUT2D eigenvalue weighted by Crippen LogP contribution is 2.26. The van der Waals surface area contributed by atoms with Crippen LogP contribution in [0.15, 0.2) is 23.1 Å². The molecule has 5 nitrogen and oxygen atoms in total. The molecule has 0 aliphatic carbocycles. The van der Waals surface area contributed by atoms with E-state index in [0.29, 0.717) is 5.56 Å². The van der Waals surface area contributed by atoms with Crippen molar-refractivity contribution in [2.24, 2.45) is 5.73 Å². The lowest BCUT2D eigenvalue weighted by Gasteiger charge is -2.24. The minimum absolute atomic E-state index is 0.0186. The lowest BCUT2D eigenvalue weighted by molar-refractivity contribution is 0.149. The highest BCUT2D eigenvalue weighted by atomic mass is 35.5. The van der Waals surface area contributed by atoms with Crippen LogP contribution < -0.4 is 5.73 Å². The van der Waals surface area contributed by atoms with Crippen molar-refractivity contribution in [3.63, 3.8) is 0 Å². The van der Waals surface area contributed by atoms with Crippen LogP contribution in [-0.4, -0.2) is 44.5 Å². The smallest absolute Gasteiger partial charge is 0.244 e. The first-order chi connectivity index (χ1) is 9.21. The first-order valence-electron chi connectivity index (χ1n) is 5.78. The summed E-state index contributed by atoms with van der Waals surface area (Å²) in [5.41, 5.74) is 5.97. The minimum atomic E-state index is -3.74. The number of rotatable bonds is 6. The van der Waals surface area contributed by atoms with Crippen LogP contribution in [0.5, 0.6) is 0 Å². The molecule has 2 N–H and O–H groups in total. The van der Waals surface area contributed by atoms with E-state index in [0.717, 1.165) is 0 Å². The van der Waals surface area contributed by atoms with E-state index in [2.05, 4.69) is 0 Å². The van der Waals surface area contributed by atoms with Crippen LogP contribution in [-0.2, 0) is 14.8 Å². The van der Waals surface area contributed by atoms with Crippen LogP contribution in [0.2, 0.25) is 5.02 Å². The fourth-order valence-corrected chi connectivity index (χ4v) is 3.56. The van der Waals surface area contributed by atoms with Gasteiger partial charge in [-0.3, -0.25) is 0 Å². The molecule has 20 heavy (non-hydrogen) atoms. The molecule has 0 aliphatic rings. The molecule has 1 atom stereocenters. The quantitative estimate of drug-likeness (QED) is 0.799. The number of nitrogens with two attached hydrogens (primary N) is 1. The van der Waals surface area contributed by atoms with Crippen molar-refractivity contribution in [2.75, 3.05) is 20.8 Å². The summed E-state index contributed by atoms with van der Waals surface area (Å²) in [6, 6.07) is 4.12. The van der Waals surface area contributed by atoms with Crippen molar-refractivity contribution in [3.05, 3.63) is 28.8 Å². The Morgan fingerprint density at radius 3 is 2.65 bits per heavy atom. The summed E-state index contributed by atoms with van der Waals surface area (Å²) in [5, 5.41) is 0.126. The SMILES string of the molecule is COCC(C)N(C)S(=O)(=O)c1cc(C(N)=S)ccc1Cl. The van der Waals surface area contributed by atoms with Gasteiger partial charge in [-0.15, -0.1) is 0 Å². The van der Waals surface area contributed by atoms with Gasteiger partial charge in [-0.05, 0) is 19.1 Å². The lowest BCUT2D eigenvalue weighted by Crippen LogP contribution is -2.38. The predicted octanol–water partition coefficient (Wildman–Crippen LogP) is 1.63. The standard InChI is InChI=1S/C12H17ClN2O3S2/c1-8(7-18-3)15(2)20(16,17)11-6-9(12(14)19)4-5-10(11)13/h4-6,8H,7H2,1-3H3,(H2,14,19). The summed E-state index contributed by atoms with van der Waals surface area (Å²) in [4.78, 5) is 0.0978. The van der Waals surface area contributed by atoms with Gasteiger partial charge in [0, 0.05) is 25.8 Å². The monoisotopic (exact) mass is 336 g/mol. The van der Waals surface area contributed by atoms with Crippen LogP contribution in [0.25, 0.3) is 0 Å². The van der Waals surface area contributed by atoms with Crippen molar-refractivity contribution < 1.29 is 13.2 Å². The van der Waals surface area contributed by atoms with Crippen LogP contribution in [0.3, 0.4) is 0 Å². The molecule has 112 valence electrons. The van der Waals surface area contributed by atoms with Gasteiger partial charge in [0.1, 0.15) is 9.88 Å². The maximum atomic E-state index is 12.5. The van der Waals surface area contributed by atoms with Crippen molar-refractivity contribution in [3.8, 4) is 0 Å². The van der Waals surface area contributed by atoms with Crippen LogP contribution in [0.4, 0.5) is 0 Å². The number of thiocarbonyl (C=S) groups is 1. The Labute approximate surface area is 129 Å². The number of benzene rings is 1. The Hall–Kier alpha value is -0.730. The van der Waals surface area contributed by atoms with E-state index in [9.17, 15) is 8.42 Å². The maximum Gasteiger partial charge on any atom is 0.244 e. The molecule has 1 aromatic rings. The zero-order valence-corrected chi connectivity index (χ0v) is 13.8. The molecule has 0 heterocycles. The summed E-state index contributed by atoms with van der Waals surface area (Å²) >= 11 is 10.8. The molecule has 8 heteroatoms. The number of halogens is 1. The molecule has 0 bridgehead atoms. The summed E-state index contributed by atoms with van der Waals surface area (Å²) in [5.74, 6) is 0. The summed E-state index contributed by atoms with van der Waals surface area (Å²) in [7, 11) is -0.755. The molecule has 1 aromatic carbocycles. The molecule has 0 aromatic heterocycles. The van der Waals surface area contributed by atoms with Gasteiger partial charge in [-0.2, -0.15) is 4.31 Å². The fourth-order valence-electron chi connectivity index (χ4n) is 1.59. The van der Waals surface area contributed by atoms with E-state index in [1.807, 2.05) is 0 Å². The number of likely N-dealkylation sites (N-methyl/N-ethyl adjacent to an activating group) is 1. The second-order valence-electron chi connectivity index (χ2n) is 4.34. The summed E-state index contributed by atoms with van der Waals surface area (Å²) < 4.78 is 31.3. The number of sulfonamides is 1. The molecule has 1 rings (SSSR count). The zero-order chi connectivity index (χ0) is 15.5. The molecular formula is C12H17ClN2O3S2. The third-order valence-corrected chi connectivity index (χ3v) is 5.59. The van der Waals surface area contributed by atoms with Crippen LogP contribution in [0.1, 0.15) is 12.5 Å². The highest BCUT2D eigenvalue weighted by Gasteiger charge is 2.27. The van der Waals surface area contributed by atoms with Crippen LogP contribution in [0, 0.1) is 0 Å². The van der Waals surface area contributed by atoms with Gasteiger partial charge in [-0.25, -0.2) is 8.42 Å². The Balaban J connectivity index is 3.27. The summed E-state index contributed by atoms with van der Waals surface area (Å²) in [6.45, 7) is 2.02. The van der Waals surface area contributed by atoms with Crippen molar-refractivity contribution >= 4 is 38.8 Å². The van der Waals surface area contributed by atoms with Gasteiger partial charge >= 0.3 is 0 Å². The first kappa shape index (κ1) is 17.3. The van der Waals surface area contributed by atoms with Crippen molar-refractivity contribution in [1.82, 2.24) is 4.31 Å². The van der Waals surface area contributed by atoms with E-state index in [4.69, 9.17) is 34.3 Å². The van der Waals surface area contributed by atoms with E-state index in [1.54, 1.807) is 13.0 Å². The summed E-state index contributed by atoms with van der Waals surface area (Å²) in [6.07, 6.45) is 0. The zero-order valence-electron chi connectivity index (χ0n) is 11.5. The number of hydrogen-bond acceptors (Lipinski definition) is 4. The average Bonchev–Trinajstić information content (AvgIpc) is 2.37. The van der Waals surface area contributed by atoms with Gasteiger partial charge in [0.2, 0.25) is 10.0 Å². The molecule has 1 unspecified atom stereocenters. The van der Waals surface area contributed by atoms with Gasteiger partial charge < -0.3 is 10.5 Å². The Kier molecular flexibility index (Phi) is 5.91. The predicted molar refractivity (Wildman–Crippen MR) is 83.6 cm³/mol. The molecule has 0 saturated heterocycles. The van der Waals surface area contributed by atoms with Gasteiger partial charge in [-0.1, -0.05) is 29.9 Å². The van der Waals surface area contributed by atoms with E-state index >= 15 is 0 Å². The van der Waals surface area contributed by atoms with Crippen molar-refractivity contribution in [1.29, 1.82) is 0 Å². The highest BCUT2D eigenvalue weighted by molar-refractivity contribution is 7.89.